The van der Waals surface area contributed by atoms with Gasteiger partial charge in [-0.25, -0.2) is 4.98 Å². The van der Waals surface area contributed by atoms with Crippen LogP contribution in [0, 0.1) is 6.92 Å². The quantitative estimate of drug-likeness (QED) is 0.590. The zero-order valence-corrected chi connectivity index (χ0v) is 17.2. The first-order valence-electron chi connectivity index (χ1n) is 9.39. The molecule has 7 heteroatoms. The second-order valence-corrected chi connectivity index (χ2v) is 7.13. The van der Waals surface area contributed by atoms with E-state index in [9.17, 15) is 4.79 Å². The first-order valence-corrected chi connectivity index (χ1v) is 10.2. The number of thiazole rings is 1. The highest BCUT2D eigenvalue weighted by Gasteiger charge is 2.15. The van der Waals surface area contributed by atoms with E-state index in [4.69, 9.17) is 9.47 Å². The van der Waals surface area contributed by atoms with Crippen molar-refractivity contribution < 1.29 is 14.3 Å². The predicted molar refractivity (Wildman–Crippen MR) is 111 cm³/mol. The van der Waals surface area contributed by atoms with E-state index in [1.807, 2.05) is 68.1 Å². The lowest BCUT2D eigenvalue weighted by molar-refractivity contribution is 0.0957. The van der Waals surface area contributed by atoms with Crippen LogP contribution in [0.15, 0.2) is 42.7 Å². The Bertz CT molecular complexity index is 919. The minimum absolute atomic E-state index is 0.0932. The van der Waals surface area contributed by atoms with Crippen molar-refractivity contribution >= 4 is 17.2 Å². The van der Waals surface area contributed by atoms with Gasteiger partial charge in [0.15, 0.2) is 16.6 Å². The lowest BCUT2D eigenvalue weighted by Gasteiger charge is -2.12. The molecule has 6 nitrogen and oxygen atoms in total. The van der Waals surface area contributed by atoms with Crippen LogP contribution in [0.3, 0.4) is 0 Å². The summed E-state index contributed by atoms with van der Waals surface area (Å²) in [6.45, 7) is 7.46. The maximum absolute atomic E-state index is 12.6. The normalized spacial score (nSPS) is 10.7. The van der Waals surface area contributed by atoms with Crippen molar-refractivity contribution in [1.29, 1.82) is 0 Å². The average molecular weight is 400 g/mol. The number of nitrogens with one attached hydrogen (secondary N) is 1. The third-order valence-corrected chi connectivity index (χ3v) is 5.29. The van der Waals surface area contributed by atoms with Gasteiger partial charge in [0.2, 0.25) is 0 Å². The molecule has 28 heavy (non-hydrogen) atoms. The van der Waals surface area contributed by atoms with Crippen LogP contribution in [-0.4, -0.2) is 35.2 Å². The molecule has 0 aliphatic carbocycles. The average Bonchev–Trinajstić information content (AvgIpc) is 3.33. The molecule has 0 aliphatic heterocycles. The second kappa shape index (κ2) is 9.41. The number of amides is 1. The smallest absolute Gasteiger partial charge is 0.263 e. The van der Waals surface area contributed by atoms with E-state index in [2.05, 4.69) is 10.3 Å². The topological polar surface area (TPSA) is 65.4 Å². The maximum Gasteiger partial charge on any atom is 0.263 e. The van der Waals surface area contributed by atoms with E-state index >= 15 is 0 Å². The minimum atomic E-state index is -0.0932. The predicted octanol–water partition coefficient (Wildman–Crippen LogP) is 4.01. The van der Waals surface area contributed by atoms with E-state index in [-0.39, 0.29) is 5.91 Å². The Morgan fingerprint density at radius 3 is 2.57 bits per heavy atom. The summed E-state index contributed by atoms with van der Waals surface area (Å²) in [5.41, 5.74) is 1.83. The SMILES string of the molecule is CCOc1ccc(CCNC(=O)c2sc(-n3cccc3)nc2C)cc1OCC. The zero-order valence-electron chi connectivity index (χ0n) is 16.4. The molecule has 0 radical (unpaired) electrons. The summed E-state index contributed by atoms with van der Waals surface area (Å²) in [4.78, 5) is 17.7. The van der Waals surface area contributed by atoms with Gasteiger partial charge in [0, 0.05) is 18.9 Å². The summed E-state index contributed by atoms with van der Waals surface area (Å²) in [5.74, 6) is 1.39. The van der Waals surface area contributed by atoms with E-state index in [1.54, 1.807) is 0 Å². The van der Waals surface area contributed by atoms with Crippen LogP contribution in [-0.2, 0) is 6.42 Å². The number of aromatic nitrogens is 2. The zero-order chi connectivity index (χ0) is 19.9. The van der Waals surface area contributed by atoms with Gasteiger partial charge in [-0.3, -0.25) is 4.79 Å². The van der Waals surface area contributed by atoms with Crippen LogP contribution >= 0.6 is 11.3 Å². The molecule has 3 aromatic rings. The number of rotatable bonds is 9. The molecule has 3 rings (SSSR count). The fourth-order valence-corrected chi connectivity index (χ4v) is 3.77. The Morgan fingerprint density at radius 2 is 1.86 bits per heavy atom. The molecule has 1 amide bonds. The minimum Gasteiger partial charge on any atom is -0.490 e. The number of hydrogen-bond acceptors (Lipinski definition) is 5. The van der Waals surface area contributed by atoms with Crippen LogP contribution in [0.1, 0.15) is 34.8 Å². The first-order chi connectivity index (χ1) is 13.6. The molecule has 1 N–H and O–H groups in total. The fraction of sp³-hybridized carbons (Fsp3) is 0.333. The molecule has 0 atom stereocenters. The van der Waals surface area contributed by atoms with Gasteiger partial charge in [-0.2, -0.15) is 0 Å². The van der Waals surface area contributed by atoms with E-state index < -0.39 is 0 Å². The molecular weight excluding hydrogens is 374 g/mol. The molecule has 0 saturated heterocycles. The number of ether oxygens (including phenoxy) is 2. The molecular formula is C21H25N3O3S. The first kappa shape index (κ1) is 19.9. The van der Waals surface area contributed by atoms with Crippen molar-refractivity contribution in [2.75, 3.05) is 19.8 Å². The second-order valence-electron chi connectivity index (χ2n) is 6.15. The number of hydrogen-bond donors (Lipinski definition) is 1. The molecule has 1 aromatic carbocycles. The standard InChI is InChI=1S/C21H25N3O3S/c1-4-26-17-9-8-16(14-18(17)27-5-2)10-11-22-20(25)19-15(3)23-21(28-19)24-12-6-7-13-24/h6-9,12-14H,4-5,10-11H2,1-3H3,(H,22,25). The Balaban J connectivity index is 1.60. The van der Waals surface area contributed by atoms with Gasteiger partial charge in [0.1, 0.15) is 4.88 Å². The van der Waals surface area contributed by atoms with Crippen molar-refractivity contribution in [3.63, 3.8) is 0 Å². The fourth-order valence-electron chi connectivity index (χ4n) is 2.82. The molecule has 2 heterocycles. The van der Waals surface area contributed by atoms with Crippen LogP contribution in [0.5, 0.6) is 11.5 Å². The Kier molecular flexibility index (Phi) is 6.71. The Labute approximate surface area is 169 Å². The highest BCUT2D eigenvalue weighted by atomic mass is 32.1. The van der Waals surface area contributed by atoms with E-state index in [1.165, 1.54) is 11.3 Å². The summed E-state index contributed by atoms with van der Waals surface area (Å²) >= 11 is 1.39. The number of carbonyl (C=O) groups is 1. The largest absolute Gasteiger partial charge is 0.490 e. The van der Waals surface area contributed by atoms with Crippen LogP contribution in [0.2, 0.25) is 0 Å². The number of carbonyl (C=O) groups excluding carboxylic acids is 1. The van der Waals surface area contributed by atoms with Crippen molar-refractivity contribution in [1.82, 2.24) is 14.9 Å². The molecule has 148 valence electrons. The molecule has 2 aromatic heterocycles. The van der Waals surface area contributed by atoms with Crippen molar-refractivity contribution in [2.24, 2.45) is 0 Å². The van der Waals surface area contributed by atoms with Gasteiger partial charge >= 0.3 is 0 Å². The summed E-state index contributed by atoms with van der Waals surface area (Å²) in [7, 11) is 0. The molecule has 0 bridgehead atoms. The lowest BCUT2D eigenvalue weighted by Crippen LogP contribution is -2.25. The summed E-state index contributed by atoms with van der Waals surface area (Å²) in [6.07, 6.45) is 4.55. The Morgan fingerprint density at radius 1 is 1.14 bits per heavy atom. The number of aryl methyl sites for hydroxylation is 1. The van der Waals surface area contributed by atoms with Crippen molar-refractivity contribution in [3.8, 4) is 16.6 Å². The number of benzene rings is 1. The van der Waals surface area contributed by atoms with Gasteiger partial charge in [-0.1, -0.05) is 17.4 Å². The summed E-state index contributed by atoms with van der Waals surface area (Å²) in [6, 6.07) is 9.76. The van der Waals surface area contributed by atoms with E-state index in [0.717, 1.165) is 27.9 Å². The van der Waals surface area contributed by atoms with Crippen molar-refractivity contribution in [3.05, 3.63) is 58.9 Å². The van der Waals surface area contributed by atoms with Crippen LogP contribution in [0.4, 0.5) is 0 Å². The summed E-state index contributed by atoms with van der Waals surface area (Å²) < 4.78 is 13.2. The van der Waals surface area contributed by atoms with Gasteiger partial charge in [-0.05, 0) is 57.0 Å². The third kappa shape index (κ3) is 4.72. The van der Waals surface area contributed by atoms with E-state index in [0.29, 0.717) is 31.1 Å². The molecule has 0 spiro atoms. The Hall–Kier alpha value is -2.80. The van der Waals surface area contributed by atoms with Crippen molar-refractivity contribution in [2.45, 2.75) is 27.2 Å². The third-order valence-electron chi connectivity index (χ3n) is 4.12. The number of nitrogens with zero attached hydrogens (tertiary/aromatic N) is 2. The van der Waals surface area contributed by atoms with Gasteiger partial charge in [0.25, 0.3) is 5.91 Å². The highest BCUT2D eigenvalue weighted by Crippen LogP contribution is 2.28. The maximum atomic E-state index is 12.6. The van der Waals surface area contributed by atoms with Gasteiger partial charge < -0.3 is 19.4 Å². The van der Waals surface area contributed by atoms with Gasteiger partial charge in [-0.15, -0.1) is 0 Å². The van der Waals surface area contributed by atoms with Crippen LogP contribution in [0.25, 0.3) is 5.13 Å². The molecule has 0 aliphatic rings. The lowest BCUT2D eigenvalue weighted by atomic mass is 10.1. The summed E-state index contributed by atoms with van der Waals surface area (Å²) in [5, 5.41) is 3.78. The molecule has 0 unspecified atom stereocenters. The van der Waals surface area contributed by atoms with Crippen LogP contribution < -0.4 is 14.8 Å². The molecule has 0 saturated carbocycles. The molecule has 0 fully saturated rings. The monoisotopic (exact) mass is 399 g/mol. The van der Waals surface area contributed by atoms with Gasteiger partial charge in [0.05, 0.1) is 18.9 Å². The highest BCUT2D eigenvalue weighted by molar-refractivity contribution is 7.16.